The van der Waals surface area contributed by atoms with Crippen LogP contribution in [-0.2, 0) is 0 Å². The normalized spacial score (nSPS) is 10.7. The summed E-state index contributed by atoms with van der Waals surface area (Å²) >= 11 is 3.38. The van der Waals surface area contributed by atoms with Gasteiger partial charge in [0.15, 0.2) is 11.5 Å². The Balaban J connectivity index is 1.75. The lowest BCUT2D eigenvalue weighted by Gasteiger charge is -2.12. The van der Waals surface area contributed by atoms with E-state index in [9.17, 15) is 14.7 Å². The SMILES string of the molecule is COc1cc(/C=N/NC(=O)c2ccccc2O)cc(Br)c1OC(=O)c1ccc(C)cc1. The summed E-state index contributed by atoms with van der Waals surface area (Å²) in [5, 5.41) is 13.6. The number of hydrazone groups is 1. The van der Waals surface area contributed by atoms with Crippen LogP contribution in [0.25, 0.3) is 0 Å². The van der Waals surface area contributed by atoms with E-state index in [0.29, 0.717) is 21.3 Å². The van der Waals surface area contributed by atoms with Crippen molar-refractivity contribution in [3.05, 3.63) is 87.4 Å². The lowest BCUT2D eigenvalue weighted by atomic mass is 10.1. The molecule has 158 valence electrons. The second-order valence-electron chi connectivity index (χ2n) is 6.51. The van der Waals surface area contributed by atoms with Gasteiger partial charge in [0.05, 0.1) is 28.9 Å². The molecule has 0 aliphatic rings. The number of halogens is 1. The molecule has 0 aromatic heterocycles. The molecule has 3 aromatic rings. The summed E-state index contributed by atoms with van der Waals surface area (Å²) in [6, 6.07) is 16.4. The van der Waals surface area contributed by atoms with Crippen LogP contribution in [0.2, 0.25) is 0 Å². The molecule has 0 atom stereocenters. The molecule has 3 aromatic carbocycles. The van der Waals surface area contributed by atoms with E-state index in [4.69, 9.17) is 9.47 Å². The van der Waals surface area contributed by atoms with Crippen molar-refractivity contribution in [2.75, 3.05) is 7.11 Å². The second kappa shape index (κ2) is 9.90. The molecule has 0 unspecified atom stereocenters. The van der Waals surface area contributed by atoms with Gasteiger partial charge in [-0.15, -0.1) is 0 Å². The molecule has 0 radical (unpaired) electrons. The van der Waals surface area contributed by atoms with Crippen LogP contribution in [0.5, 0.6) is 17.2 Å². The first-order valence-corrected chi connectivity index (χ1v) is 9.96. The number of carbonyl (C=O) groups is 2. The van der Waals surface area contributed by atoms with Crippen LogP contribution in [0.15, 0.2) is 70.2 Å². The van der Waals surface area contributed by atoms with Crippen molar-refractivity contribution in [2.24, 2.45) is 5.10 Å². The van der Waals surface area contributed by atoms with E-state index in [1.165, 1.54) is 25.5 Å². The molecule has 8 heteroatoms. The van der Waals surface area contributed by atoms with E-state index in [-0.39, 0.29) is 17.1 Å². The van der Waals surface area contributed by atoms with Gasteiger partial charge in [-0.25, -0.2) is 10.2 Å². The zero-order chi connectivity index (χ0) is 22.4. The van der Waals surface area contributed by atoms with Crippen LogP contribution in [0.4, 0.5) is 0 Å². The highest BCUT2D eigenvalue weighted by Gasteiger charge is 2.17. The molecule has 1 amide bonds. The van der Waals surface area contributed by atoms with Gasteiger partial charge in [-0.3, -0.25) is 4.79 Å². The summed E-state index contributed by atoms with van der Waals surface area (Å²) < 4.78 is 11.3. The van der Waals surface area contributed by atoms with Gasteiger partial charge in [0, 0.05) is 0 Å². The number of aromatic hydroxyl groups is 1. The molecule has 0 heterocycles. The number of nitrogens with zero attached hydrogens (tertiary/aromatic N) is 1. The smallest absolute Gasteiger partial charge is 0.343 e. The Labute approximate surface area is 187 Å². The largest absolute Gasteiger partial charge is 0.507 e. The van der Waals surface area contributed by atoms with Gasteiger partial charge in [-0.2, -0.15) is 5.10 Å². The van der Waals surface area contributed by atoms with Crippen LogP contribution >= 0.6 is 15.9 Å². The van der Waals surface area contributed by atoms with Crippen molar-refractivity contribution in [3.8, 4) is 17.2 Å². The van der Waals surface area contributed by atoms with Crippen LogP contribution in [0, 0.1) is 6.92 Å². The minimum Gasteiger partial charge on any atom is -0.507 e. The summed E-state index contributed by atoms with van der Waals surface area (Å²) in [6.45, 7) is 1.93. The first kappa shape index (κ1) is 22.0. The summed E-state index contributed by atoms with van der Waals surface area (Å²) in [5.41, 5.74) is 4.48. The lowest BCUT2D eigenvalue weighted by Crippen LogP contribution is -2.17. The van der Waals surface area contributed by atoms with E-state index in [1.807, 2.05) is 19.1 Å². The first-order chi connectivity index (χ1) is 14.9. The number of carbonyl (C=O) groups excluding carboxylic acids is 2. The fourth-order valence-electron chi connectivity index (χ4n) is 2.65. The summed E-state index contributed by atoms with van der Waals surface area (Å²) in [4.78, 5) is 24.5. The fraction of sp³-hybridized carbons (Fsp3) is 0.0870. The fourth-order valence-corrected chi connectivity index (χ4v) is 3.19. The molecule has 0 spiro atoms. The summed E-state index contributed by atoms with van der Waals surface area (Å²) in [5.74, 6) is -0.675. The number of nitrogens with one attached hydrogen (secondary N) is 1. The highest BCUT2D eigenvalue weighted by molar-refractivity contribution is 9.10. The van der Waals surface area contributed by atoms with Crippen LogP contribution in [0.3, 0.4) is 0 Å². The molecule has 3 rings (SSSR count). The standard InChI is InChI=1S/C23H19BrN2O5/c1-14-7-9-16(10-8-14)23(29)31-21-18(24)11-15(12-20(21)30-2)13-25-26-22(28)17-5-3-4-6-19(17)27/h3-13,27H,1-2H3,(H,26,28)/b25-13+. The number of para-hydroxylation sites is 1. The molecule has 0 fully saturated rings. The van der Waals surface area contributed by atoms with Gasteiger partial charge in [0.2, 0.25) is 0 Å². The van der Waals surface area contributed by atoms with Crippen molar-refractivity contribution >= 4 is 34.0 Å². The molecule has 0 aliphatic heterocycles. The Hall–Kier alpha value is -3.65. The maximum absolute atomic E-state index is 12.4. The Morgan fingerprint density at radius 2 is 1.81 bits per heavy atom. The molecule has 0 saturated carbocycles. The van der Waals surface area contributed by atoms with E-state index in [0.717, 1.165) is 5.56 Å². The molecule has 0 aliphatic carbocycles. The Morgan fingerprint density at radius 1 is 1.10 bits per heavy atom. The van der Waals surface area contributed by atoms with Gasteiger partial charge < -0.3 is 14.6 Å². The molecular formula is C23H19BrN2O5. The van der Waals surface area contributed by atoms with Crippen molar-refractivity contribution in [2.45, 2.75) is 6.92 Å². The molecule has 0 saturated heterocycles. The summed E-state index contributed by atoms with van der Waals surface area (Å²) in [7, 11) is 1.45. The van der Waals surface area contributed by atoms with Crippen LogP contribution in [-0.4, -0.2) is 30.3 Å². The Morgan fingerprint density at radius 3 is 2.48 bits per heavy atom. The number of hydrogen-bond donors (Lipinski definition) is 2. The number of aryl methyl sites for hydroxylation is 1. The third kappa shape index (κ3) is 5.49. The summed E-state index contributed by atoms with van der Waals surface area (Å²) in [6.07, 6.45) is 1.40. The predicted octanol–water partition coefficient (Wildman–Crippen LogP) is 4.45. The lowest BCUT2D eigenvalue weighted by molar-refractivity contribution is 0.0728. The highest BCUT2D eigenvalue weighted by atomic mass is 79.9. The Bertz CT molecular complexity index is 1140. The number of benzene rings is 3. The van der Waals surface area contributed by atoms with Crippen LogP contribution < -0.4 is 14.9 Å². The minimum absolute atomic E-state index is 0.108. The average molecular weight is 483 g/mol. The van der Waals surface area contributed by atoms with Crippen molar-refractivity contribution in [1.29, 1.82) is 0 Å². The van der Waals surface area contributed by atoms with Gasteiger partial charge in [-0.1, -0.05) is 29.8 Å². The number of ether oxygens (including phenoxy) is 2. The zero-order valence-electron chi connectivity index (χ0n) is 16.8. The monoisotopic (exact) mass is 482 g/mol. The zero-order valence-corrected chi connectivity index (χ0v) is 18.3. The van der Waals surface area contributed by atoms with E-state index >= 15 is 0 Å². The number of phenolic OH excluding ortho intramolecular Hbond substituents is 1. The maximum atomic E-state index is 12.4. The third-order valence-electron chi connectivity index (χ3n) is 4.26. The minimum atomic E-state index is -0.552. The highest BCUT2D eigenvalue weighted by Crippen LogP contribution is 2.36. The van der Waals surface area contributed by atoms with Gasteiger partial charge >= 0.3 is 5.97 Å². The van der Waals surface area contributed by atoms with E-state index in [2.05, 4.69) is 26.5 Å². The van der Waals surface area contributed by atoms with E-state index < -0.39 is 11.9 Å². The van der Waals surface area contributed by atoms with E-state index in [1.54, 1.807) is 36.4 Å². The number of rotatable bonds is 6. The third-order valence-corrected chi connectivity index (χ3v) is 4.85. The topological polar surface area (TPSA) is 97.2 Å². The van der Waals surface area contributed by atoms with Crippen LogP contribution in [0.1, 0.15) is 31.8 Å². The molecule has 7 nitrogen and oxygen atoms in total. The second-order valence-corrected chi connectivity index (χ2v) is 7.36. The van der Waals surface area contributed by atoms with Crippen molar-refractivity contribution in [1.82, 2.24) is 5.43 Å². The molecule has 0 bridgehead atoms. The number of phenols is 1. The molecule has 31 heavy (non-hydrogen) atoms. The number of hydrogen-bond acceptors (Lipinski definition) is 6. The first-order valence-electron chi connectivity index (χ1n) is 9.17. The van der Waals surface area contributed by atoms with Gasteiger partial charge in [0.1, 0.15) is 5.75 Å². The average Bonchev–Trinajstić information content (AvgIpc) is 2.76. The van der Waals surface area contributed by atoms with Crippen molar-refractivity contribution in [3.63, 3.8) is 0 Å². The molecular weight excluding hydrogens is 464 g/mol. The van der Waals surface area contributed by atoms with Gasteiger partial charge in [0.25, 0.3) is 5.91 Å². The Kier molecular flexibility index (Phi) is 7.04. The number of esters is 1. The quantitative estimate of drug-likeness (QED) is 0.234. The number of methoxy groups -OCH3 is 1. The van der Waals surface area contributed by atoms with Gasteiger partial charge in [-0.05, 0) is 64.8 Å². The maximum Gasteiger partial charge on any atom is 0.343 e. The van der Waals surface area contributed by atoms with Crippen molar-refractivity contribution < 1.29 is 24.2 Å². The predicted molar refractivity (Wildman–Crippen MR) is 120 cm³/mol. The molecule has 2 N–H and O–H groups in total. The number of amides is 1.